The minimum atomic E-state index is -0.556. The summed E-state index contributed by atoms with van der Waals surface area (Å²) in [7, 11) is 1.67. The van der Waals surface area contributed by atoms with Gasteiger partial charge in [-0.15, -0.1) is 0 Å². The summed E-state index contributed by atoms with van der Waals surface area (Å²) >= 11 is 8.81. The Kier molecular flexibility index (Phi) is 6.24. The summed E-state index contributed by atoms with van der Waals surface area (Å²) in [5.74, 6) is 1.63. The monoisotopic (exact) mass is 529 g/mol. The van der Waals surface area contributed by atoms with Gasteiger partial charge in [0.05, 0.1) is 23.3 Å². The number of anilines is 2. The Morgan fingerprint density at radius 1 is 1.38 bits per heavy atom. The average molecular weight is 530 g/mol. The van der Waals surface area contributed by atoms with Gasteiger partial charge in [-0.3, -0.25) is 15.1 Å². The average Bonchev–Trinajstić information content (AvgIpc) is 2.93. The number of pyridine rings is 1. The molecule has 1 aliphatic heterocycles. The van der Waals surface area contributed by atoms with Gasteiger partial charge in [0.15, 0.2) is 0 Å². The SMILES string of the molecule is COc1c(C)cnc(CN2CC(I)c3c(Cl)nc(NC(=O)C(C)(C)C)nc32)c1C. The van der Waals surface area contributed by atoms with E-state index < -0.39 is 5.41 Å². The Morgan fingerprint density at radius 3 is 2.69 bits per heavy atom. The van der Waals surface area contributed by atoms with Crippen LogP contribution in [0.3, 0.4) is 0 Å². The van der Waals surface area contributed by atoms with Gasteiger partial charge < -0.3 is 9.64 Å². The molecule has 0 aromatic carbocycles. The van der Waals surface area contributed by atoms with Gasteiger partial charge in [-0.25, -0.2) is 4.98 Å². The summed E-state index contributed by atoms with van der Waals surface area (Å²) in [6.07, 6.45) is 1.82. The zero-order valence-electron chi connectivity index (χ0n) is 17.4. The number of nitrogens with one attached hydrogen (secondary N) is 1. The van der Waals surface area contributed by atoms with Gasteiger partial charge in [0.2, 0.25) is 11.9 Å². The topological polar surface area (TPSA) is 80.2 Å². The number of hydrogen-bond acceptors (Lipinski definition) is 6. The molecule has 1 unspecified atom stereocenters. The van der Waals surface area contributed by atoms with Crippen LogP contribution in [0.25, 0.3) is 0 Å². The van der Waals surface area contributed by atoms with Crippen molar-refractivity contribution in [2.75, 3.05) is 23.9 Å². The van der Waals surface area contributed by atoms with E-state index in [1.807, 2.05) is 40.8 Å². The maximum absolute atomic E-state index is 12.4. The molecule has 0 spiro atoms. The van der Waals surface area contributed by atoms with Gasteiger partial charge >= 0.3 is 0 Å². The standard InChI is InChI=1S/C20H25ClIN5O2/c1-10-7-23-13(11(2)15(10)29-6)9-27-8-12(22)14-16(21)24-19(25-17(14)27)26-18(28)20(3,4)5/h7,12H,8-9H2,1-6H3,(H,24,25,26,28). The molecule has 9 heteroatoms. The second kappa shape index (κ2) is 8.22. The molecule has 29 heavy (non-hydrogen) atoms. The van der Waals surface area contributed by atoms with Crippen LogP contribution in [0.2, 0.25) is 5.15 Å². The van der Waals surface area contributed by atoms with Crippen molar-refractivity contribution in [2.45, 2.75) is 45.1 Å². The van der Waals surface area contributed by atoms with Crippen molar-refractivity contribution in [3.8, 4) is 5.75 Å². The predicted molar refractivity (Wildman–Crippen MR) is 123 cm³/mol. The van der Waals surface area contributed by atoms with E-state index in [4.69, 9.17) is 16.3 Å². The fraction of sp³-hybridized carbons (Fsp3) is 0.500. The van der Waals surface area contributed by atoms with E-state index in [2.05, 4.69) is 47.8 Å². The van der Waals surface area contributed by atoms with Crippen molar-refractivity contribution in [3.05, 3.63) is 33.7 Å². The molecule has 3 heterocycles. The number of alkyl halides is 1. The first-order valence-corrected chi connectivity index (χ1v) is 10.9. The lowest BCUT2D eigenvalue weighted by molar-refractivity contribution is -0.123. The van der Waals surface area contributed by atoms with Crippen molar-refractivity contribution in [3.63, 3.8) is 0 Å². The lowest BCUT2D eigenvalue weighted by Crippen LogP contribution is -2.29. The number of amides is 1. The number of aromatic nitrogens is 3. The zero-order valence-corrected chi connectivity index (χ0v) is 20.3. The number of nitrogens with zero attached hydrogens (tertiary/aromatic N) is 4. The first-order valence-electron chi connectivity index (χ1n) is 9.30. The van der Waals surface area contributed by atoms with Crippen molar-refractivity contribution in [1.82, 2.24) is 15.0 Å². The molecule has 1 aliphatic rings. The number of aryl methyl sites for hydroxylation is 1. The molecule has 3 rings (SSSR count). The molecule has 0 fully saturated rings. The van der Waals surface area contributed by atoms with Crippen LogP contribution in [0.1, 0.15) is 47.1 Å². The molecule has 0 aliphatic carbocycles. The summed E-state index contributed by atoms with van der Waals surface area (Å²) in [4.78, 5) is 28.0. The molecule has 1 atom stereocenters. The summed E-state index contributed by atoms with van der Waals surface area (Å²) in [6.45, 7) is 10.8. The van der Waals surface area contributed by atoms with Gasteiger partial charge in [-0.1, -0.05) is 55.0 Å². The van der Waals surface area contributed by atoms with Crippen molar-refractivity contribution in [2.24, 2.45) is 5.41 Å². The highest BCUT2D eigenvalue weighted by molar-refractivity contribution is 14.1. The quantitative estimate of drug-likeness (QED) is 0.353. The second-order valence-corrected chi connectivity index (χ2v) is 10.0. The maximum atomic E-state index is 12.4. The fourth-order valence-corrected chi connectivity index (χ4v) is 4.74. The highest BCUT2D eigenvalue weighted by Gasteiger charge is 2.33. The van der Waals surface area contributed by atoms with E-state index in [1.165, 1.54) is 0 Å². The molecule has 1 N–H and O–H groups in total. The van der Waals surface area contributed by atoms with Crippen LogP contribution in [0.5, 0.6) is 5.75 Å². The Morgan fingerprint density at radius 2 is 2.07 bits per heavy atom. The van der Waals surface area contributed by atoms with Crippen molar-refractivity contribution in [1.29, 1.82) is 0 Å². The number of halogens is 2. The van der Waals surface area contributed by atoms with Gasteiger partial charge in [-0.2, -0.15) is 4.98 Å². The molecule has 2 aromatic heterocycles. The first kappa shape index (κ1) is 22.0. The summed E-state index contributed by atoms with van der Waals surface area (Å²) in [5, 5.41) is 3.15. The largest absolute Gasteiger partial charge is 0.496 e. The molecular formula is C20H25ClIN5O2. The van der Waals surface area contributed by atoms with Gasteiger partial charge in [-0.05, 0) is 13.8 Å². The lowest BCUT2D eigenvalue weighted by Gasteiger charge is -2.21. The Balaban J connectivity index is 1.95. The summed E-state index contributed by atoms with van der Waals surface area (Å²) < 4.78 is 5.68. The first-order chi connectivity index (χ1) is 13.5. The van der Waals surface area contributed by atoms with Crippen LogP contribution in [-0.4, -0.2) is 34.5 Å². The van der Waals surface area contributed by atoms with Crippen molar-refractivity contribution < 1.29 is 9.53 Å². The van der Waals surface area contributed by atoms with Crippen molar-refractivity contribution >= 4 is 51.9 Å². The van der Waals surface area contributed by atoms with Crippen LogP contribution in [0.15, 0.2) is 6.20 Å². The van der Waals surface area contributed by atoms with E-state index >= 15 is 0 Å². The molecule has 0 saturated carbocycles. The molecular weight excluding hydrogens is 505 g/mol. The van der Waals surface area contributed by atoms with Crippen LogP contribution >= 0.6 is 34.2 Å². The van der Waals surface area contributed by atoms with Gasteiger partial charge in [0.1, 0.15) is 16.7 Å². The molecule has 156 valence electrons. The fourth-order valence-electron chi connectivity index (χ4n) is 3.21. The van der Waals surface area contributed by atoms with E-state index in [1.54, 1.807) is 7.11 Å². The lowest BCUT2D eigenvalue weighted by atomic mass is 9.96. The smallest absolute Gasteiger partial charge is 0.232 e. The molecule has 7 nitrogen and oxygen atoms in total. The highest BCUT2D eigenvalue weighted by Crippen LogP contribution is 2.43. The summed E-state index contributed by atoms with van der Waals surface area (Å²) in [5.41, 5.74) is 3.25. The van der Waals surface area contributed by atoms with E-state index in [9.17, 15) is 4.79 Å². The minimum Gasteiger partial charge on any atom is -0.496 e. The third-order valence-corrected chi connectivity index (χ3v) is 6.17. The predicted octanol–water partition coefficient (Wildman–Crippen LogP) is 4.63. The number of methoxy groups -OCH3 is 1. The number of hydrogen-bond donors (Lipinski definition) is 1. The van der Waals surface area contributed by atoms with Crippen LogP contribution in [0.4, 0.5) is 11.8 Å². The van der Waals surface area contributed by atoms with E-state index in [0.717, 1.165) is 40.5 Å². The number of ether oxygens (including phenoxy) is 1. The number of rotatable bonds is 4. The van der Waals surface area contributed by atoms with Gasteiger partial charge in [0, 0.05) is 34.8 Å². The zero-order chi connectivity index (χ0) is 21.5. The number of carbonyl (C=O) groups is 1. The second-order valence-electron chi connectivity index (χ2n) is 8.17. The Labute approximate surface area is 189 Å². The highest BCUT2D eigenvalue weighted by atomic mass is 127. The van der Waals surface area contributed by atoms with Crippen LogP contribution < -0.4 is 15.0 Å². The molecule has 1 amide bonds. The molecule has 2 aromatic rings. The number of carbonyl (C=O) groups excluding carboxylic acids is 1. The van der Waals surface area contributed by atoms with Crippen LogP contribution in [-0.2, 0) is 11.3 Å². The van der Waals surface area contributed by atoms with Crippen LogP contribution in [0, 0.1) is 19.3 Å². The Hall–Kier alpha value is -1.68. The third kappa shape index (κ3) is 4.42. The minimum absolute atomic E-state index is 0.148. The molecule has 0 bridgehead atoms. The Bertz CT molecular complexity index is 961. The number of fused-ring (bicyclic) bond motifs is 1. The maximum Gasteiger partial charge on any atom is 0.232 e. The van der Waals surface area contributed by atoms with E-state index in [-0.39, 0.29) is 15.8 Å². The third-order valence-electron chi connectivity index (χ3n) is 4.87. The normalized spacial score (nSPS) is 16.0. The van der Waals surface area contributed by atoms with E-state index in [0.29, 0.717) is 11.7 Å². The molecule has 0 saturated heterocycles. The van der Waals surface area contributed by atoms with Gasteiger partial charge in [0.25, 0.3) is 0 Å². The summed E-state index contributed by atoms with van der Waals surface area (Å²) in [6, 6.07) is 0. The molecule has 0 radical (unpaired) electrons.